The number of amides is 2. The third kappa shape index (κ3) is 4.55. The van der Waals surface area contributed by atoms with Gasteiger partial charge in [-0.25, -0.2) is 14.0 Å². The fourth-order valence-electron chi connectivity index (χ4n) is 2.94. The molecule has 1 aliphatic heterocycles. The Kier molecular flexibility index (Phi) is 5.97. The van der Waals surface area contributed by atoms with Crippen molar-refractivity contribution in [1.29, 1.82) is 0 Å². The molecule has 5 nitrogen and oxygen atoms in total. The van der Waals surface area contributed by atoms with Crippen molar-refractivity contribution in [2.75, 3.05) is 13.1 Å². The Morgan fingerprint density at radius 2 is 1.59 bits per heavy atom. The third-order valence-electron chi connectivity index (χ3n) is 3.84. The standard InChI is InChI=1S/C16H25N3O2S/c1-12-10-13(2)15(14(3)11-12)22(21)18-16(20)17-19-8-6-4-5-7-9-19/h10-11H,4-9H2,1-3H3,(H2,17,18,20). The van der Waals surface area contributed by atoms with Gasteiger partial charge < -0.3 is 0 Å². The van der Waals surface area contributed by atoms with Crippen LogP contribution in [0.25, 0.3) is 0 Å². The number of nitrogens with one attached hydrogen (secondary N) is 2. The SMILES string of the molecule is Cc1cc(C)c(S(=O)NC(=O)NN2CCCCCC2)c(C)c1. The number of aryl methyl sites for hydroxylation is 3. The van der Waals surface area contributed by atoms with Gasteiger partial charge in [-0.3, -0.25) is 10.1 Å². The molecule has 6 heteroatoms. The maximum atomic E-state index is 12.4. The quantitative estimate of drug-likeness (QED) is 0.899. The van der Waals surface area contributed by atoms with Crippen LogP contribution < -0.4 is 10.1 Å². The zero-order valence-corrected chi connectivity index (χ0v) is 14.4. The van der Waals surface area contributed by atoms with Crippen molar-refractivity contribution in [3.8, 4) is 0 Å². The first-order valence-electron chi connectivity index (χ1n) is 7.79. The van der Waals surface area contributed by atoms with E-state index in [9.17, 15) is 9.00 Å². The smallest absolute Gasteiger partial charge is 0.270 e. The van der Waals surface area contributed by atoms with E-state index in [-0.39, 0.29) is 0 Å². The molecule has 1 aromatic rings. The second-order valence-electron chi connectivity index (χ2n) is 5.94. The second kappa shape index (κ2) is 7.74. The Morgan fingerprint density at radius 1 is 1.05 bits per heavy atom. The number of urea groups is 1. The van der Waals surface area contributed by atoms with E-state index in [1.807, 2.05) is 37.9 Å². The third-order valence-corrected chi connectivity index (χ3v) is 5.23. The number of benzene rings is 1. The summed E-state index contributed by atoms with van der Waals surface area (Å²) in [6.45, 7) is 7.54. The number of hydrogen-bond acceptors (Lipinski definition) is 3. The molecule has 0 saturated carbocycles. The molecular weight excluding hydrogens is 298 g/mol. The Bertz CT molecular complexity index is 544. The van der Waals surface area contributed by atoms with Crippen LogP contribution >= 0.6 is 0 Å². The fraction of sp³-hybridized carbons (Fsp3) is 0.562. The van der Waals surface area contributed by atoms with Gasteiger partial charge in [0, 0.05) is 13.1 Å². The van der Waals surface area contributed by atoms with Crippen LogP contribution in [0.2, 0.25) is 0 Å². The molecule has 0 bridgehead atoms. The van der Waals surface area contributed by atoms with E-state index < -0.39 is 17.0 Å². The van der Waals surface area contributed by atoms with Crippen LogP contribution in [0, 0.1) is 20.8 Å². The zero-order valence-electron chi connectivity index (χ0n) is 13.6. The molecule has 1 saturated heterocycles. The molecule has 1 heterocycles. The molecule has 1 atom stereocenters. The topological polar surface area (TPSA) is 61.4 Å². The van der Waals surface area contributed by atoms with Crippen LogP contribution in [0.15, 0.2) is 17.0 Å². The summed E-state index contributed by atoms with van der Waals surface area (Å²) in [7, 11) is -1.54. The van der Waals surface area contributed by atoms with Gasteiger partial charge in [0.1, 0.15) is 0 Å². The lowest BCUT2D eigenvalue weighted by Gasteiger charge is -2.21. The lowest BCUT2D eigenvalue weighted by molar-refractivity contribution is 0.184. The molecule has 0 radical (unpaired) electrons. The van der Waals surface area contributed by atoms with Gasteiger partial charge >= 0.3 is 6.03 Å². The first-order chi connectivity index (χ1) is 10.5. The normalized spacial score (nSPS) is 17.6. The highest BCUT2D eigenvalue weighted by Crippen LogP contribution is 2.19. The Morgan fingerprint density at radius 3 is 2.14 bits per heavy atom. The van der Waals surface area contributed by atoms with Gasteiger partial charge in [0.05, 0.1) is 4.90 Å². The highest BCUT2D eigenvalue weighted by molar-refractivity contribution is 7.83. The van der Waals surface area contributed by atoms with E-state index in [1.54, 1.807) is 0 Å². The average molecular weight is 323 g/mol. The molecule has 0 spiro atoms. The number of carbonyl (C=O) groups is 1. The number of hydrogen-bond donors (Lipinski definition) is 2. The summed E-state index contributed by atoms with van der Waals surface area (Å²) >= 11 is 0. The molecule has 2 rings (SSSR count). The summed E-state index contributed by atoms with van der Waals surface area (Å²) in [5.41, 5.74) is 5.80. The van der Waals surface area contributed by atoms with Crippen LogP contribution in [0.4, 0.5) is 4.79 Å². The number of nitrogens with zero attached hydrogens (tertiary/aromatic N) is 1. The largest absolute Gasteiger partial charge is 0.341 e. The van der Waals surface area contributed by atoms with Crippen molar-refractivity contribution in [2.45, 2.75) is 51.3 Å². The van der Waals surface area contributed by atoms with Crippen molar-refractivity contribution in [1.82, 2.24) is 15.2 Å². The molecule has 122 valence electrons. The van der Waals surface area contributed by atoms with Gasteiger partial charge in [-0.15, -0.1) is 0 Å². The minimum absolute atomic E-state index is 0.403. The van der Waals surface area contributed by atoms with Crippen LogP contribution in [0.1, 0.15) is 42.4 Å². The predicted molar refractivity (Wildman–Crippen MR) is 88.8 cm³/mol. The molecule has 0 aromatic heterocycles. The number of hydrazine groups is 1. The molecule has 1 aromatic carbocycles. The van der Waals surface area contributed by atoms with Crippen molar-refractivity contribution >= 4 is 17.0 Å². The second-order valence-corrected chi connectivity index (χ2v) is 7.09. The maximum Gasteiger partial charge on any atom is 0.341 e. The Hall–Kier alpha value is -1.40. The fourth-order valence-corrected chi connectivity index (χ4v) is 3.96. The van der Waals surface area contributed by atoms with Crippen molar-refractivity contribution in [3.63, 3.8) is 0 Å². The molecule has 2 N–H and O–H groups in total. The van der Waals surface area contributed by atoms with E-state index in [1.165, 1.54) is 12.8 Å². The van der Waals surface area contributed by atoms with E-state index in [2.05, 4.69) is 10.1 Å². The van der Waals surface area contributed by atoms with Crippen LogP contribution in [0.5, 0.6) is 0 Å². The highest BCUT2D eigenvalue weighted by atomic mass is 32.2. The lowest BCUT2D eigenvalue weighted by atomic mass is 10.1. The van der Waals surface area contributed by atoms with Gasteiger partial charge in [-0.1, -0.05) is 30.5 Å². The molecule has 1 fully saturated rings. The maximum absolute atomic E-state index is 12.4. The monoisotopic (exact) mass is 323 g/mol. The highest BCUT2D eigenvalue weighted by Gasteiger charge is 2.16. The van der Waals surface area contributed by atoms with Crippen molar-refractivity contribution < 1.29 is 9.00 Å². The van der Waals surface area contributed by atoms with Gasteiger partial charge in [0.25, 0.3) is 0 Å². The lowest BCUT2D eigenvalue weighted by Crippen LogP contribution is -2.48. The van der Waals surface area contributed by atoms with Crippen LogP contribution in [-0.4, -0.2) is 28.3 Å². The van der Waals surface area contributed by atoms with Gasteiger partial charge in [-0.2, -0.15) is 0 Å². The zero-order chi connectivity index (χ0) is 16.1. The molecule has 1 aliphatic rings. The number of rotatable bonds is 3. The van der Waals surface area contributed by atoms with E-state index in [0.29, 0.717) is 4.90 Å². The predicted octanol–water partition coefficient (Wildman–Crippen LogP) is 2.72. The molecule has 1 unspecified atom stereocenters. The minimum atomic E-state index is -1.54. The van der Waals surface area contributed by atoms with Crippen LogP contribution in [0.3, 0.4) is 0 Å². The summed E-state index contributed by atoms with van der Waals surface area (Å²) in [6.07, 6.45) is 4.57. The van der Waals surface area contributed by atoms with E-state index >= 15 is 0 Å². The molecule has 22 heavy (non-hydrogen) atoms. The number of carbonyl (C=O) groups excluding carboxylic acids is 1. The van der Waals surface area contributed by atoms with E-state index in [4.69, 9.17) is 0 Å². The minimum Gasteiger partial charge on any atom is -0.270 e. The van der Waals surface area contributed by atoms with Gasteiger partial charge in [-0.05, 0) is 44.7 Å². The Balaban J connectivity index is 1.98. The molecule has 2 amide bonds. The van der Waals surface area contributed by atoms with Crippen molar-refractivity contribution in [3.05, 3.63) is 28.8 Å². The van der Waals surface area contributed by atoms with E-state index in [0.717, 1.165) is 42.6 Å². The summed E-state index contributed by atoms with van der Waals surface area (Å²) in [5.74, 6) is 0. The molecular formula is C16H25N3O2S. The van der Waals surface area contributed by atoms with Gasteiger partial charge in [0.2, 0.25) is 0 Å². The summed E-state index contributed by atoms with van der Waals surface area (Å²) in [6, 6.07) is 3.56. The summed E-state index contributed by atoms with van der Waals surface area (Å²) in [4.78, 5) is 12.7. The average Bonchev–Trinajstić information content (AvgIpc) is 2.65. The summed E-state index contributed by atoms with van der Waals surface area (Å²) in [5, 5.41) is 1.91. The Labute approximate surface area is 135 Å². The van der Waals surface area contributed by atoms with Crippen molar-refractivity contribution in [2.24, 2.45) is 0 Å². The first-order valence-corrected chi connectivity index (χ1v) is 8.94. The first kappa shape index (κ1) is 17.0. The molecule has 0 aliphatic carbocycles. The summed E-state index contributed by atoms with van der Waals surface area (Å²) < 4.78 is 15.0. The van der Waals surface area contributed by atoms with Crippen LogP contribution in [-0.2, 0) is 11.0 Å². The van der Waals surface area contributed by atoms with Gasteiger partial charge in [0.15, 0.2) is 11.0 Å².